The molecule has 0 fully saturated rings. The molecule has 0 aliphatic rings. The Kier molecular flexibility index (Phi) is 8.56. The number of unbranched alkanes of at least 4 members (excludes halogenated alkanes) is 1. The van der Waals surface area contributed by atoms with E-state index in [1.807, 2.05) is 6.92 Å². The van der Waals surface area contributed by atoms with Crippen LogP contribution < -0.4 is 0 Å². The second-order valence-electron chi connectivity index (χ2n) is 4.21. The van der Waals surface area contributed by atoms with Gasteiger partial charge in [-0.05, 0) is 32.4 Å². The lowest BCUT2D eigenvalue weighted by Gasteiger charge is -2.12. The normalized spacial score (nSPS) is 13.5. The fourth-order valence-electron chi connectivity index (χ4n) is 1.15. The zero-order chi connectivity index (χ0) is 13.3. The SMILES string of the molecule is CCCCOC(=O)C(C)SCCCC(C)(F)F. The summed E-state index contributed by atoms with van der Waals surface area (Å²) >= 11 is 1.38. The first-order valence-corrected chi connectivity index (χ1v) is 7.07. The number of ether oxygens (including phenoxy) is 1. The minimum Gasteiger partial charge on any atom is -0.465 e. The number of carbonyl (C=O) groups is 1. The summed E-state index contributed by atoms with van der Waals surface area (Å²) in [7, 11) is 0. The van der Waals surface area contributed by atoms with E-state index in [0.29, 0.717) is 18.8 Å². The minimum absolute atomic E-state index is 0.127. The second-order valence-corrected chi connectivity index (χ2v) is 5.66. The summed E-state index contributed by atoms with van der Waals surface area (Å²) in [5, 5.41) is -0.266. The Morgan fingerprint density at radius 3 is 2.59 bits per heavy atom. The maximum Gasteiger partial charge on any atom is 0.318 e. The molecule has 0 saturated heterocycles. The van der Waals surface area contributed by atoms with Crippen molar-refractivity contribution >= 4 is 17.7 Å². The summed E-state index contributed by atoms with van der Waals surface area (Å²) in [6, 6.07) is 0. The molecule has 0 aliphatic carbocycles. The van der Waals surface area contributed by atoms with E-state index in [9.17, 15) is 13.6 Å². The summed E-state index contributed by atoms with van der Waals surface area (Å²) in [5.41, 5.74) is 0. The van der Waals surface area contributed by atoms with Crippen molar-refractivity contribution in [2.45, 2.75) is 57.6 Å². The van der Waals surface area contributed by atoms with Crippen LogP contribution in [0.1, 0.15) is 46.5 Å². The molecule has 0 aromatic heterocycles. The Balaban J connectivity index is 3.57. The summed E-state index contributed by atoms with van der Waals surface area (Å²) in [4.78, 5) is 11.4. The van der Waals surface area contributed by atoms with Gasteiger partial charge in [0.1, 0.15) is 0 Å². The Morgan fingerprint density at radius 1 is 1.41 bits per heavy atom. The summed E-state index contributed by atoms with van der Waals surface area (Å²) in [6.07, 6.45) is 2.14. The van der Waals surface area contributed by atoms with Crippen molar-refractivity contribution in [2.75, 3.05) is 12.4 Å². The smallest absolute Gasteiger partial charge is 0.318 e. The summed E-state index contributed by atoms with van der Waals surface area (Å²) in [5.74, 6) is -2.29. The van der Waals surface area contributed by atoms with E-state index in [2.05, 4.69) is 0 Å². The van der Waals surface area contributed by atoms with Crippen molar-refractivity contribution in [1.29, 1.82) is 0 Å². The highest BCUT2D eigenvalue weighted by Gasteiger charge is 2.21. The van der Waals surface area contributed by atoms with Crippen LogP contribution in [0, 0.1) is 0 Å². The van der Waals surface area contributed by atoms with E-state index in [0.717, 1.165) is 19.8 Å². The van der Waals surface area contributed by atoms with E-state index < -0.39 is 5.92 Å². The first kappa shape index (κ1) is 16.7. The summed E-state index contributed by atoms with van der Waals surface area (Å²) in [6.45, 7) is 5.15. The van der Waals surface area contributed by atoms with Crippen molar-refractivity contribution in [3.05, 3.63) is 0 Å². The van der Waals surface area contributed by atoms with Crippen molar-refractivity contribution in [3.8, 4) is 0 Å². The van der Waals surface area contributed by atoms with Gasteiger partial charge in [0, 0.05) is 6.42 Å². The molecular weight excluding hydrogens is 246 g/mol. The molecule has 0 radical (unpaired) electrons. The topological polar surface area (TPSA) is 26.3 Å². The molecule has 1 atom stereocenters. The van der Waals surface area contributed by atoms with Crippen LogP contribution in [-0.2, 0) is 9.53 Å². The van der Waals surface area contributed by atoms with Crippen molar-refractivity contribution < 1.29 is 18.3 Å². The number of rotatable bonds is 9. The molecule has 0 amide bonds. The highest BCUT2D eigenvalue weighted by Crippen LogP contribution is 2.22. The number of alkyl halides is 2. The van der Waals surface area contributed by atoms with Crippen LogP contribution in [-0.4, -0.2) is 29.5 Å². The van der Waals surface area contributed by atoms with Crippen molar-refractivity contribution in [2.24, 2.45) is 0 Å². The molecule has 0 bridgehead atoms. The van der Waals surface area contributed by atoms with Gasteiger partial charge in [-0.25, -0.2) is 8.78 Å². The standard InChI is InChI=1S/C12H22F2O2S/c1-4-5-8-16-11(15)10(2)17-9-6-7-12(3,13)14/h10H,4-9H2,1-3H3. The number of esters is 1. The Hall–Kier alpha value is -0.320. The van der Waals surface area contributed by atoms with Crippen LogP contribution in [0.4, 0.5) is 8.78 Å². The minimum atomic E-state index is -2.61. The van der Waals surface area contributed by atoms with E-state index in [1.165, 1.54) is 11.8 Å². The molecular formula is C12H22F2O2S. The molecule has 0 aromatic carbocycles. The van der Waals surface area contributed by atoms with E-state index >= 15 is 0 Å². The molecule has 0 N–H and O–H groups in total. The number of hydrogen-bond donors (Lipinski definition) is 0. The third-order valence-electron chi connectivity index (χ3n) is 2.20. The quantitative estimate of drug-likeness (QED) is 0.469. The number of hydrogen-bond acceptors (Lipinski definition) is 3. The molecule has 5 heteroatoms. The van der Waals surface area contributed by atoms with Gasteiger partial charge in [-0.1, -0.05) is 13.3 Å². The van der Waals surface area contributed by atoms with Gasteiger partial charge in [-0.15, -0.1) is 11.8 Å². The highest BCUT2D eigenvalue weighted by molar-refractivity contribution is 8.00. The largest absolute Gasteiger partial charge is 0.465 e. The zero-order valence-corrected chi connectivity index (χ0v) is 11.6. The average molecular weight is 268 g/mol. The van der Waals surface area contributed by atoms with Crippen LogP contribution in [0.15, 0.2) is 0 Å². The molecule has 0 aromatic rings. The maximum absolute atomic E-state index is 12.5. The van der Waals surface area contributed by atoms with Crippen LogP contribution in [0.2, 0.25) is 0 Å². The predicted molar refractivity (Wildman–Crippen MR) is 67.6 cm³/mol. The van der Waals surface area contributed by atoms with Gasteiger partial charge in [-0.3, -0.25) is 4.79 Å². The molecule has 1 unspecified atom stereocenters. The van der Waals surface area contributed by atoms with Crippen LogP contribution >= 0.6 is 11.8 Å². The lowest BCUT2D eigenvalue weighted by atomic mass is 10.2. The number of halogens is 2. The van der Waals surface area contributed by atoms with Gasteiger partial charge in [0.05, 0.1) is 11.9 Å². The van der Waals surface area contributed by atoms with Gasteiger partial charge in [0.2, 0.25) is 5.92 Å². The molecule has 0 saturated carbocycles. The molecule has 0 spiro atoms. The third kappa shape index (κ3) is 10.5. The lowest BCUT2D eigenvalue weighted by Crippen LogP contribution is -2.18. The van der Waals surface area contributed by atoms with Crippen molar-refractivity contribution in [1.82, 2.24) is 0 Å². The Morgan fingerprint density at radius 2 is 2.06 bits per heavy atom. The second kappa shape index (κ2) is 8.72. The molecule has 0 heterocycles. The van der Waals surface area contributed by atoms with Crippen LogP contribution in [0.3, 0.4) is 0 Å². The first-order chi connectivity index (χ1) is 7.87. The van der Waals surface area contributed by atoms with Crippen LogP contribution in [0.5, 0.6) is 0 Å². The van der Waals surface area contributed by atoms with Crippen LogP contribution in [0.25, 0.3) is 0 Å². The first-order valence-electron chi connectivity index (χ1n) is 6.03. The Labute approximate surface area is 106 Å². The van der Waals surface area contributed by atoms with Gasteiger partial charge in [0.25, 0.3) is 0 Å². The molecule has 102 valence electrons. The zero-order valence-electron chi connectivity index (χ0n) is 10.8. The number of thioether (sulfide) groups is 1. The van der Waals surface area contributed by atoms with Gasteiger partial charge in [0.15, 0.2) is 0 Å². The monoisotopic (exact) mass is 268 g/mol. The molecule has 0 rings (SSSR count). The fraction of sp³-hybridized carbons (Fsp3) is 0.917. The summed E-state index contributed by atoms with van der Waals surface area (Å²) < 4.78 is 30.1. The highest BCUT2D eigenvalue weighted by atomic mass is 32.2. The van der Waals surface area contributed by atoms with Crippen molar-refractivity contribution in [3.63, 3.8) is 0 Å². The predicted octanol–water partition coefficient (Wildman–Crippen LogP) is 3.89. The van der Waals surface area contributed by atoms with Gasteiger partial charge >= 0.3 is 5.97 Å². The number of carbonyl (C=O) groups excluding carboxylic acids is 1. The molecule has 17 heavy (non-hydrogen) atoms. The maximum atomic E-state index is 12.5. The van der Waals surface area contributed by atoms with E-state index in [4.69, 9.17) is 4.74 Å². The lowest BCUT2D eigenvalue weighted by molar-refractivity contribution is -0.142. The van der Waals surface area contributed by atoms with E-state index in [-0.39, 0.29) is 17.6 Å². The average Bonchev–Trinajstić information content (AvgIpc) is 2.23. The van der Waals surface area contributed by atoms with Gasteiger partial charge < -0.3 is 4.74 Å². The van der Waals surface area contributed by atoms with Gasteiger partial charge in [-0.2, -0.15) is 0 Å². The molecule has 2 nitrogen and oxygen atoms in total. The Bertz CT molecular complexity index is 217. The van der Waals surface area contributed by atoms with E-state index in [1.54, 1.807) is 6.92 Å². The third-order valence-corrected chi connectivity index (χ3v) is 3.42. The fourth-order valence-corrected chi connectivity index (χ4v) is 2.01. The molecule has 0 aliphatic heterocycles.